The first-order valence-electron chi connectivity index (χ1n) is 2.67. The van der Waals surface area contributed by atoms with Crippen LogP contribution < -0.4 is 5.56 Å². The minimum absolute atomic E-state index is 0.0168. The summed E-state index contributed by atoms with van der Waals surface area (Å²) in [5.74, 6) is -0.382. The molecule has 2 N–H and O–H groups in total. The number of H-pyrrole nitrogens is 1. The molecule has 0 radical (unpaired) electrons. The predicted molar refractivity (Wildman–Crippen MR) is 38.5 cm³/mol. The van der Waals surface area contributed by atoms with Crippen molar-refractivity contribution in [2.75, 3.05) is 0 Å². The summed E-state index contributed by atoms with van der Waals surface area (Å²) in [5.41, 5.74) is -0.680. The molecule has 0 bridgehead atoms. The molecule has 1 aromatic rings. The molecule has 0 atom stereocenters. The van der Waals surface area contributed by atoms with Crippen LogP contribution in [0.15, 0.2) is 10.9 Å². The Hall–Kier alpha value is -1.47. The van der Waals surface area contributed by atoms with Gasteiger partial charge in [-0.1, -0.05) is 11.6 Å². The number of aromatic amines is 1. The first kappa shape index (κ1) is 7.63. The van der Waals surface area contributed by atoms with E-state index in [1.54, 1.807) is 6.07 Å². The molecule has 11 heavy (non-hydrogen) atoms. The molecule has 0 unspecified atom stereocenters. The molecule has 0 saturated carbocycles. The van der Waals surface area contributed by atoms with E-state index >= 15 is 0 Å². The van der Waals surface area contributed by atoms with Crippen LogP contribution in [0.4, 0.5) is 0 Å². The van der Waals surface area contributed by atoms with Gasteiger partial charge in [-0.25, -0.2) is 0 Å². The molecular formula is C6H3ClN2O2. The molecule has 0 aliphatic heterocycles. The predicted octanol–water partition coefficient (Wildman–Crippen LogP) is 0.606. The lowest BCUT2D eigenvalue weighted by atomic mass is 10.3. The zero-order valence-corrected chi connectivity index (χ0v) is 6.01. The van der Waals surface area contributed by atoms with E-state index in [0.717, 1.165) is 6.07 Å². The highest BCUT2D eigenvalue weighted by Gasteiger charge is 2.04. The molecule has 1 heterocycles. The van der Waals surface area contributed by atoms with Crippen molar-refractivity contribution in [3.05, 3.63) is 27.1 Å². The Morgan fingerprint density at radius 2 is 2.36 bits per heavy atom. The van der Waals surface area contributed by atoms with Gasteiger partial charge < -0.3 is 10.1 Å². The molecule has 0 aliphatic rings. The monoisotopic (exact) mass is 170 g/mol. The van der Waals surface area contributed by atoms with Gasteiger partial charge in [-0.3, -0.25) is 4.79 Å². The number of aromatic nitrogens is 1. The van der Waals surface area contributed by atoms with E-state index in [4.69, 9.17) is 22.0 Å². The van der Waals surface area contributed by atoms with E-state index in [1.807, 2.05) is 0 Å². The number of halogens is 1. The van der Waals surface area contributed by atoms with E-state index in [1.165, 1.54) is 0 Å². The third kappa shape index (κ3) is 1.33. The van der Waals surface area contributed by atoms with Gasteiger partial charge in [-0.2, -0.15) is 5.26 Å². The Balaban J connectivity index is 3.48. The van der Waals surface area contributed by atoms with E-state index in [9.17, 15) is 4.79 Å². The molecule has 4 nitrogen and oxygen atoms in total. The largest absolute Gasteiger partial charge is 0.506 e. The quantitative estimate of drug-likeness (QED) is 0.599. The average molecular weight is 171 g/mol. The van der Waals surface area contributed by atoms with Gasteiger partial charge in [0.05, 0.1) is 0 Å². The average Bonchev–Trinajstić information content (AvgIpc) is 1.99. The second-order valence-corrected chi connectivity index (χ2v) is 2.20. The number of hydrogen-bond acceptors (Lipinski definition) is 3. The first-order valence-corrected chi connectivity index (χ1v) is 3.05. The lowest BCUT2D eigenvalue weighted by Gasteiger charge is -1.93. The third-order valence-electron chi connectivity index (χ3n) is 1.07. The van der Waals surface area contributed by atoms with Crippen LogP contribution in [0.1, 0.15) is 5.69 Å². The van der Waals surface area contributed by atoms with Gasteiger partial charge >= 0.3 is 0 Å². The lowest BCUT2D eigenvalue weighted by molar-refractivity contribution is 0.473. The molecule has 5 heteroatoms. The van der Waals surface area contributed by atoms with Crippen molar-refractivity contribution in [1.82, 2.24) is 4.98 Å². The Morgan fingerprint density at radius 1 is 1.73 bits per heavy atom. The number of nitriles is 1. The summed E-state index contributed by atoms with van der Waals surface area (Å²) < 4.78 is 0. The van der Waals surface area contributed by atoms with Gasteiger partial charge in [-0.05, 0) is 0 Å². The number of pyridine rings is 1. The van der Waals surface area contributed by atoms with Gasteiger partial charge in [0.15, 0.2) is 0 Å². The number of nitrogens with one attached hydrogen (secondary N) is 1. The zero-order valence-electron chi connectivity index (χ0n) is 5.26. The Kier molecular flexibility index (Phi) is 1.83. The highest BCUT2D eigenvalue weighted by atomic mass is 35.5. The van der Waals surface area contributed by atoms with Crippen molar-refractivity contribution >= 4 is 11.6 Å². The molecule has 0 aromatic carbocycles. The fourth-order valence-electron chi connectivity index (χ4n) is 0.590. The van der Waals surface area contributed by atoms with Crippen LogP contribution in [-0.4, -0.2) is 10.1 Å². The fraction of sp³-hybridized carbons (Fsp3) is 0. The lowest BCUT2D eigenvalue weighted by Crippen LogP contribution is -2.07. The Morgan fingerprint density at radius 3 is 2.82 bits per heavy atom. The second kappa shape index (κ2) is 2.64. The van der Waals surface area contributed by atoms with Gasteiger partial charge in [0.2, 0.25) is 0 Å². The van der Waals surface area contributed by atoms with Crippen LogP contribution in [0.3, 0.4) is 0 Å². The minimum Gasteiger partial charge on any atom is -0.506 e. The van der Waals surface area contributed by atoms with Crippen LogP contribution in [-0.2, 0) is 0 Å². The Labute approximate surface area is 66.7 Å². The summed E-state index contributed by atoms with van der Waals surface area (Å²) in [7, 11) is 0. The minimum atomic E-state index is -0.664. The van der Waals surface area contributed by atoms with Crippen molar-refractivity contribution < 1.29 is 5.11 Å². The van der Waals surface area contributed by atoms with Crippen molar-refractivity contribution in [1.29, 1.82) is 5.26 Å². The summed E-state index contributed by atoms with van der Waals surface area (Å²) in [6.45, 7) is 0. The standard InChI is InChI=1S/C6H3ClN2O2/c7-5-4(10)1-3(2-8)9-6(5)11/h1H,(H2,9,10,11). The molecule has 0 aliphatic carbocycles. The van der Waals surface area contributed by atoms with Crippen molar-refractivity contribution in [2.45, 2.75) is 0 Å². The summed E-state index contributed by atoms with van der Waals surface area (Å²) in [6, 6.07) is 2.75. The molecule has 1 aromatic heterocycles. The van der Waals surface area contributed by atoms with Crippen molar-refractivity contribution in [2.24, 2.45) is 0 Å². The number of nitrogens with zero attached hydrogens (tertiary/aromatic N) is 1. The highest BCUT2D eigenvalue weighted by Crippen LogP contribution is 2.17. The highest BCUT2D eigenvalue weighted by molar-refractivity contribution is 6.31. The van der Waals surface area contributed by atoms with Gasteiger partial charge in [0.25, 0.3) is 5.56 Å². The van der Waals surface area contributed by atoms with Gasteiger partial charge in [0, 0.05) is 6.07 Å². The maximum Gasteiger partial charge on any atom is 0.271 e. The number of aromatic hydroxyl groups is 1. The normalized spacial score (nSPS) is 9.09. The smallest absolute Gasteiger partial charge is 0.271 e. The first-order chi connectivity index (χ1) is 5.15. The third-order valence-corrected chi connectivity index (χ3v) is 1.44. The Bertz CT molecular complexity index is 377. The van der Waals surface area contributed by atoms with Gasteiger partial charge in [0.1, 0.15) is 22.5 Å². The van der Waals surface area contributed by atoms with Crippen molar-refractivity contribution in [3.63, 3.8) is 0 Å². The van der Waals surface area contributed by atoms with Crippen LogP contribution in [0.2, 0.25) is 5.02 Å². The topological polar surface area (TPSA) is 76.9 Å². The summed E-state index contributed by atoms with van der Waals surface area (Å²) in [4.78, 5) is 12.9. The molecule has 0 spiro atoms. The molecule has 0 fully saturated rings. The summed E-state index contributed by atoms with van der Waals surface area (Å²) >= 11 is 5.30. The molecule has 0 saturated heterocycles. The van der Waals surface area contributed by atoms with Crippen LogP contribution >= 0.6 is 11.6 Å². The maximum absolute atomic E-state index is 10.7. The van der Waals surface area contributed by atoms with Gasteiger partial charge in [-0.15, -0.1) is 0 Å². The number of hydrogen-bond donors (Lipinski definition) is 2. The van der Waals surface area contributed by atoms with E-state index in [0.29, 0.717) is 0 Å². The second-order valence-electron chi connectivity index (χ2n) is 1.82. The van der Waals surface area contributed by atoms with Crippen molar-refractivity contribution in [3.8, 4) is 11.8 Å². The van der Waals surface area contributed by atoms with Crippen LogP contribution in [0, 0.1) is 11.3 Å². The van der Waals surface area contributed by atoms with E-state index < -0.39 is 5.56 Å². The van der Waals surface area contributed by atoms with E-state index in [-0.39, 0.29) is 16.5 Å². The number of rotatable bonds is 0. The molecule has 1 rings (SSSR count). The SMILES string of the molecule is N#Cc1cc(O)c(Cl)c(=O)[nH]1. The molecule has 0 amide bonds. The zero-order chi connectivity index (χ0) is 8.43. The molecule has 56 valence electrons. The maximum atomic E-state index is 10.7. The summed E-state index contributed by atoms with van der Waals surface area (Å²) in [5, 5.41) is 16.9. The molecular weight excluding hydrogens is 168 g/mol. The van der Waals surface area contributed by atoms with Crippen LogP contribution in [0.5, 0.6) is 5.75 Å². The van der Waals surface area contributed by atoms with Crippen LogP contribution in [0.25, 0.3) is 0 Å². The van der Waals surface area contributed by atoms with E-state index in [2.05, 4.69) is 4.98 Å². The fourth-order valence-corrected chi connectivity index (χ4v) is 0.692. The summed E-state index contributed by atoms with van der Waals surface area (Å²) in [6.07, 6.45) is 0.